The van der Waals surface area contributed by atoms with E-state index in [1.54, 1.807) is 11.8 Å². The number of benzene rings is 2. The molecule has 0 unspecified atom stereocenters. The Morgan fingerprint density at radius 1 is 0.955 bits per heavy atom. The molecule has 0 aliphatic carbocycles. The van der Waals surface area contributed by atoms with Crippen LogP contribution in [0.4, 0.5) is 0 Å². The van der Waals surface area contributed by atoms with Crippen LogP contribution in [0.1, 0.15) is 44.0 Å². The van der Waals surface area contributed by atoms with E-state index in [0.29, 0.717) is 0 Å². The molecule has 0 fully saturated rings. The van der Waals surface area contributed by atoms with Crippen molar-refractivity contribution in [1.82, 2.24) is 5.32 Å². The highest BCUT2D eigenvalue weighted by molar-refractivity contribution is 8.13. The van der Waals surface area contributed by atoms with E-state index in [1.165, 1.54) is 11.1 Å². The molecule has 0 saturated carbocycles. The molecule has 2 aromatic rings. The third-order valence-corrected chi connectivity index (χ3v) is 4.30. The first-order valence-electron chi connectivity index (χ1n) is 7.77. The van der Waals surface area contributed by atoms with Gasteiger partial charge in [-0.05, 0) is 30.7 Å². The summed E-state index contributed by atoms with van der Waals surface area (Å²) in [5.41, 5.74) is 2.52. The fraction of sp³-hybridized carbons (Fsp3) is 0.316. The number of hydrogen-bond donors (Lipinski definition) is 1. The Kier molecular flexibility index (Phi) is 6.53. The summed E-state index contributed by atoms with van der Waals surface area (Å²) in [7, 11) is 0. The SMILES string of the molecule is CCSC(=N[C@@H](C)c1ccccc1)N[C@@H](C)c1ccccc1. The van der Waals surface area contributed by atoms with Crippen molar-refractivity contribution >= 4 is 16.9 Å². The number of hydrogen-bond acceptors (Lipinski definition) is 2. The van der Waals surface area contributed by atoms with Crippen LogP contribution in [0.15, 0.2) is 65.7 Å². The van der Waals surface area contributed by atoms with Gasteiger partial charge in [-0.15, -0.1) is 0 Å². The number of rotatable bonds is 5. The highest BCUT2D eigenvalue weighted by Crippen LogP contribution is 2.20. The Morgan fingerprint density at radius 3 is 2.05 bits per heavy atom. The van der Waals surface area contributed by atoms with Gasteiger partial charge < -0.3 is 5.32 Å². The number of aliphatic imine (C=N–C) groups is 1. The van der Waals surface area contributed by atoms with E-state index in [9.17, 15) is 0 Å². The lowest BCUT2D eigenvalue weighted by molar-refractivity contribution is 0.711. The maximum atomic E-state index is 4.87. The molecular formula is C19H24N2S. The summed E-state index contributed by atoms with van der Waals surface area (Å²) in [4.78, 5) is 4.87. The summed E-state index contributed by atoms with van der Waals surface area (Å²) in [6, 6.07) is 21.3. The molecular weight excluding hydrogens is 288 g/mol. The van der Waals surface area contributed by atoms with Crippen LogP contribution in [-0.2, 0) is 0 Å². The lowest BCUT2D eigenvalue weighted by Gasteiger charge is -2.18. The fourth-order valence-corrected chi connectivity index (χ4v) is 3.01. The summed E-state index contributed by atoms with van der Waals surface area (Å²) in [6.45, 7) is 6.47. The Hall–Kier alpha value is -1.74. The van der Waals surface area contributed by atoms with Crippen LogP contribution >= 0.6 is 11.8 Å². The van der Waals surface area contributed by atoms with E-state index in [0.717, 1.165) is 10.9 Å². The summed E-state index contributed by atoms with van der Waals surface area (Å²) >= 11 is 1.76. The van der Waals surface area contributed by atoms with E-state index in [-0.39, 0.29) is 12.1 Å². The van der Waals surface area contributed by atoms with Crippen LogP contribution in [0.5, 0.6) is 0 Å². The van der Waals surface area contributed by atoms with Crippen LogP contribution in [0.25, 0.3) is 0 Å². The van der Waals surface area contributed by atoms with Gasteiger partial charge in [0.2, 0.25) is 0 Å². The monoisotopic (exact) mass is 312 g/mol. The van der Waals surface area contributed by atoms with E-state index in [4.69, 9.17) is 4.99 Å². The van der Waals surface area contributed by atoms with Crippen molar-refractivity contribution in [1.29, 1.82) is 0 Å². The molecule has 22 heavy (non-hydrogen) atoms. The van der Waals surface area contributed by atoms with Gasteiger partial charge >= 0.3 is 0 Å². The number of thioether (sulfide) groups is 1. The molecule has 2 nitrogen and oxygen atoms in total. The molecule has 0 aromatic heterocycles. The molecule has 0 heterocycles. The Morgan fingerprint density at radius 2 is 1.50 bits per heavy atom. The van der Waals surface area contributed by atoms with Gasteiger partial charge in [0.1, 0.15) is 0 Å². The Bertz CT molecular complexity index is 581. The van der Waals surface area contributed by atoms with Gasteiger partial charge in [0.25, 0.3) is 0 Å². The molecule has 2 atom stereocenters. The van der Waals surface area contributed by atoms with Crippen molar-refractivity contribution < 1.29 is 0 Å². The summed E-state index contributed by atoms with van der Waals surface area (Å²) in [5, 5.41) is 4.56. The average Bonchev–Trinajstić information content (AvgIpc) is 2.56. The number of nitrogens with zero attached hydrogens (tertiary/aromatic N) is 1. The minimum atomic E-state index is 0.158. The molecule has 0 aliphatic rings. The lowest BCUT2D eigenvalue weighted by Crippen LogP contribution is -2.25. The quantitative estimate of drug-likeness (QED) is 0.605. The summed E-state index contributed by atoms with van der Waals surface area (Å²) in [6.07, 6.45) is 0. The van der Waals surface area contributed by atoms with Crippen molar-refractivity contribution in [2.24, 2.45) is 4.99 Å². The second kappa shape index (κ2) is 8.64. The van der Waals surface area contributed by atoms with Gasteiger partial charge in [-0.25, -0.2) is 0 Å². The van der Waals surface area contributed by atoms with Crippen molar-refractivity contribution in [3.63, 3.8) is 0 Å². The Balaban J connectivity index is 2.10. The molecule has 0 bridgehead atoms. The van der Waals surface area contributed by atoms with Crippen molar-refractivity contribution in [2.75, 3.05) is 5.75 Å². The van der Waals surface area contributed by atoms with Crippen molar-refractivity contribution in [3.8, 4) is 0 Å². The fourth-order valence-electron chi connectivity index (χ4n) is 2.25. The van der Waals surface area contributed by atoms with E-state index >= 15 is 0 Å². The number of nitrogens with one attached hydrogen (secondary N) is 1. The molecule has 0 spiro atoms. The molecule has 0 aliphatic heterocycles. The second-order valence-electron chi connectivity index (χ2n) is 5.23. The smallest absolute Gasteiger partial charge is 0.157 e. The normalized spacial score (nSPS) is 14.4. The van der Waals surface area contributed by atoms with Gasteiger partial charge in [0, 0.05) is 0 Å². The van der Waals surface area contributed by atoms with Crippen molar-refractivity contribution in [3.05, 3.63) is 71.8 Å². The van der Waals surface area contributed by atoms with Crippen LogP contribution in [0.3, 0.4) is 0 Å². The predicted molar refractivity (Wildman–Crippen MR) is 98.4 cm³/mol. The molecule has 0 radical (unpaired) electrons. The molecule has 0 amide bonds. The van der Waals surface area contributed by atoms with Gasteiger partial charge in [-0.1, -0.05) is 79.3 Å². The molecule has 2 aromatic carbocycles. The van der Waals surface area contributed by atoms with E-state index < -0.39 is 0 Å². The lowest BCUT2D eigenvalue weighted by atomic mass is 10.1. The topological polar surface area (TPSA) is 24.4 Å². The minimum Gasteiger partial charge on any atom is -0.358 e. The van der Waals surface area contributed by atoms with Gasteiger partial charge in [0.15, 0.2) is 5.17 Å². The zero-order valence-electron chi connectivity index (χ0n) is 13.5. The maximum Gasteiger partial charge on any atom is 0.157 e. The maximum absolute atomic E-state index is 4.87. The third-order valence-electron chi connectivity index (χ3n) is 3.51. The first kappa shape index (κ1) is 16.6. The average molecular weight is 312 g/mol. The largest absolute Gasteiger partial charge is 0.358 e. The zero-order chi connectivity index (χ0) is 15.8. The second-order valence-corrected chi connectivity index (χ2v) is 6.48. The van der Waals surface area contributed by atoms with E-state index in [1.807, 2.05) is 12.1 Å². The Labute approximate surface area is 138 Å². The van der Waals surface area contributed by atoms with Crippen LogP contribution in [0, 0.1) is 0 Å². The van der Waals surface area contributed by atoms with Crippen LogP contribution in [-0.4, -0.2) is 10.9 Å². The van der Waals surface area contributed by atoms with Gasteiger partial charge in [-0.2, -0.15) is 0 Å². The molecule has 116 valence electrons. The highest BCUT2D eigenvalue weighted by atomic mass is 32.2. The zero-order valence-corrected chi connectivity index (χ0v) is 14.3. The molecule has 1 N–H and O–H groups in total. The molecule has 3 heteroatoms. The van der Waals surface area contributed by atoms with Gasteiger partial charge in [0.05, 0.1) is 12.1 Å². The first-order chi connectivity index (χ1) is 10.7. The molecule has 0 saturated heterocycles. The standard InChI is InChI=1S/C19H24N2S/c1-4-22-19(20-15(2)17-11-7-5-8-12-17)21-16(3)18-13-9-6-10-14-18/h5-16H,4H2,1-3H3,(H,20,21)/t15-,16-/m0/s1. The number of amidine groups is 1. The van der Waals surface area contributed by atoms with Gasteiger partial charge in [-0.3, -0.25) is 4.99 Å². The van der Waals surface area contributed by atoms with Crippen LogP contribution in [0.2, 0.25) is 0 Å². The third kappa shape index (κ3) is 4.92. The minimum absolute atomic E-state index is 0.158. The summed E-state index contributed by atoms with van der Waals surface area (Å²) < 4.78 is 0. The van der Waals surface area contributed by atoms with Crippen molar-refractivity contribution in [2.45, 2.75) is 32.9 Å². The van der Waals surface area contributed by atoms with Crippen LogP contribution < -0.4 is 5.32 Å². The highest BCUT2D eigenvalue weighted by Gasteiger charge is 2.10. The molecule has 2 rings (SSSR count). The predicted octanol–water partition coefficient (Wildman–Crippen LogP) is 5.21. The first-order valence-corrected chi connectivity index (χ1v) is 8.76. The van der Waals surface area contributed by atoms with E-state index in [2.05, 4.69) is 74.6 Å². The summed E-state index contributed by atoms with van der Waals surface area (Å²) in [5.74, 6) is 1.01.